The van der Waals surface area contributed by atoms with Crippen LogP contribution in [0.2, 0.25) is 0 Å². The van der Waals surface area contributed by atoms with Gasteiger partial charge in [-0.2, -0.15) is 0 Å². The van der Waals surface area contributed by atoms with Gasteiger partial charge in [0.1, 0.15) is 0 Å². The molecule has 0 aromatic carbocycles. The Hall–Kier alpha value is 0.270. The maximum atomic E-state index is 3.56. The zero-order valence-electron chi connectivity index (χ0n) is 2.45. The predicted octanol–water partition coefficient (Wildman–Crippen LogP) is -0.445. The van der Waals surface area contributed by atoms with Crippen LogP contribution in [0.1, 0.15) is 0 Å². The average molecular weight is 78.1 g/mol. The zero-order chi connectivity index (χ0) is 3.41. The lowest BCUT2D eigenvalue weighted by atomic mass is 11.5. The van der Waals surface area contributed by atoms with Gasteiger partial charge < -0.3 is 0 Å². The summed E-state index contributed by atoms with van der Waals surface area (Å²) in [6.07, 6.45) is 0. The predicted molar refractivity (Wildman–Crippen MR) is 21.2 cm³/mol. The van der Waals surface area contributed by atoms with Gasteiger partial charge in [-0.15, -0.1) is 0 Å². The zero-order valence-corrected chi connectivity index (χ0v) is 3.34. The van der Waals surface area contributed by atoms with Crippen LogP contribution in [0.3, 0.4) is 0 Å². The van der Waals surface area contributed by atoms with Crippen LogP contribution >= 0.6 is 12.8 Å². The fourth-order valence-corrected chi connectivity index (χ4v) is 0. The fraction of sp³-hybridized carbons (Fsp3) is 1.00. The van der Waals surface area contributed by atoms with Crippen LogP contribution in [-0.2, 0) is 0 Å². The van der Waals surface area contributed by atoms with Crippen molar-refractivity contribution in [3.8, 4) is 0 Å². The largest absolute Gasteiger partial charge is 0.251 e. The second-order valence-corrected chi connectivity index (χ2v) is 0.585. The van der Waals surface area contributed by atoms with E-state index in [-0.39, 0.29) is 0 Å². The molecule has 3 heteroatoms. The lowest BCUT2D eigenvalue weighted by Gasteiger charge is -1.80. The molecule has 2 nitrogen and oxygen atoms in total. The molecule has 0 fully saturated rings. The third kappa shape index (κ3) is 2.27. The SMILES string of the molecule is CNNS. The van der Waals surface area contributed by atoms with Crippen molar-refractivity contribution >= 4 is 12.8 Å². The third-order valence-corrected chi connectivity index (χ3v) is 0.335. The van der Waals surface area contributed by atoms with Crippen molar-refractivity contribution < 1.29 is 0 Å². The van der Waals surface area contributed by atoms with Crippen LogP contribution in [0.5, 0.6) is 0 Å². The van der Waals surface area contributed by atoms with Gasteiger partial charge in [0, 0.05) is 0 Å². The Morgan fingerprint density at radius 1 is 1.75 bits per heavy atom. The van der Waals surface area contributed by atoms with E-state index in [0.717, 1.165) is 0 Å². The monoisotopic (exact) mass is 78.0 g/mol. The second-order valence-electron chi connectivity index (χ2n) is 0.362. The molecular formula is CH6N2S. The van der Waals surface area contributed by atoms with Crippen molar-refractivity contribution in [2.24, 2.45) is 0 Å². The highest BCUT2D eigenvalue weighted by Crippen LogP contribution is 1.37. The minimum absolute atomic E-state index is 1.74. The van der Waals surface area contributed by atoms with Gasteiger partial charge in [0.05, 0.1) is 0 Å². The molecular weight excluding hydrogens is 72.1 g/mol. The number of thiol groups is 1. The summed E-state index contributed by atoms with van der Waals surface area (Å²) in [5.41, 5.74) is 2.54. The molecule has 0 radical (unpaired) electrons. The molecule has 0 bridgehead atoms. The molecule has 2 N–H and O–H groups in total. The Balaban J connectivity index is 1.97. The van der Waals surface area contributed by atoms with Gasteiger partial charge in [-0.05, 0) is 7.05 Å². The van der Waals surface area contributed by atoms with Crippen LogP contribution in [0.15, 0.2) is 0 Å². The highest BCUT2D eigenvalue weighted by Gasteiger charge is 1.45. The van der Waals surface area contributed by atoms with E-state index in [1.807, 2.05) is 0 Å². The van der Waals surface area contributed by atoms with Gasteiger partial charge in [-0.25, -0.2) is 4.83 Å². The summed E-state index contributed by atoms with van der Waals surface area (Å²) < 4.78 is 0. The Morgan fingerprint density at radius 2 is 2.00 bits per heavy atom. The fourth-order valence-electron chi connectivity index (χ4n) is 0. The minimum Gasteiger partial charge on any atom is -0.251 e. The molecule has 0 aliphatic rings. The molecule has 0 aromatic rings. The first-order valence-corrected chi connectivity index (χ1v) is 1.42. The number of nitrogens with one attached hydrogen (secondary N) is 2. The number of hydrogen-bond acceptors (Lipinski definition) is 3. The summed E-state index contributed by atoms with van der Waals surface area (Å²) in [6, 6.07) is 0. The summed E-state index contributed by atoms with van der Waals surface area (Å²) in [5.74, 6) is 0. The van der Waals surface area contributed by atoms with Crippen molar-refractivity contribution in [1.29, 1.82) is 0 Å². The van der Waals surface area contributed by atoms with Gasteiger partial charge in [0.25, 0.3) is 0 Å². The first-order chi connectivity index (χ1) is 1.91. The molecule has 0 saturated heterocycles. The number of rotatable bonds is 1. The Labute approximate surface area is 31.1 Å². The summed E-state index contributed by atoms with van der Waals surface area (Å²) >= 11 is 3.56. The van der Waals surface area contributed by atoms with Crippen molar-refractivity contribution in [2.75, 3.05) is 7.05 Å². The molecule has 0 heterocycles. The normalized spacial score (nSPS) is 7.50. The highest BCUT2D eigenvalue weighted by molar-refractivity contribution is 7.78. The van der Waals surface area contributed by atoms with Crippen molar-refractivity contribution in [3.63, 3.8) is 0 Å². The molecule has 0 amide bonds. The summed E-state index contributed by atoms with van der Waals surface area (Å²) in [5, 5.41) is 0. The molecule has 0 aromatic heterocycles. The van der Waals surface area contributed by atoms with Crippen LogP contribution in [0, 0.1) is 0 Å². The van der Waals surface area contributed by atoms with E-state index < -0.39 is 0 Å². The minimum atomic E-state index is 1.74. The first-order valence-electron chi connectivity index (χ1n) is 0.974. The van der Waals surface area contributed by atoms with Gasteiger partial charge in [0.15, 0.2) is 0 Å². The Kier molecular flexibility index (Phi) is 3.49. The van der Waals surface area contributed by atoms with Crippen molar-refractivity contribution in [3.05, 3.63) is 0 Å². The van der Waals surface area contributed by atoms with Crippen LogP contribution in [-0.4, -0.2) is 7.05 Å². The maximum Gasteiger partial charge on any atom is -0.000606 e. The quantitative estimate of drug-likeness (QED) is 0.292. The van der Waals surface area contributed by atoms with Gasteiger partial charge in [-0.1, -0.05) is 12.8 Å². The van der Waals surface area contributed by atoms with E-state index in [1.165, 1.54) is 0 Å². The topological polar surface area (TPSA) is 24.1 Å². The van der Waals surface area contributed by atoms with E-state index in [0.29, 0.717) is 0 Å². The average Bonchev–Trinajstić information content (AvgIpc) is 1.37. The van der Waals surface area contributed by atoms with E-state index in [2.05, 4.69) is 23.1 Å². The molecule has 0 atom stereocenters. The molecule has 0 saturated carbocycles. The summed E-state index contributed by atoms with van der Waals surface area (Å²) in [6.45, 7) is 0. The molecule has 0 spiro atoms. The molecule has 0 aliphatic heterocycles. The van der Waals surface area contributed by atoms with E-state index in [9.17, 15) is 0 Å². The molecule has 0 rings (SSSR count). The van der Waals surface area contributed by atoms with Crippen LogP contribution in [0.4, 0.5) is 0 Å². The summed E-state index contributed by atoms with van der Waals surface area (Å²) in [4.78, 5) is 2.38. The molecule has 4 heavy (non-hydrogen) atoms. The third-order valence-electron chi connectivity index (χ3n) is 0.112. The standard InChI is InChI=1S/CH6N2S/c1-2-3-4/h2-4H,1H3. The van der Waals surface area contributed by atoms with Crippen molar-refractivity contribution in [2.45, 2.75) is 0 Å². The highest BCUT2D eigenvalue weighted by atomic mass is 32.1. The maximum absolute atomic E-state index is 3.56. The molecule has 26 valence electrons. The van der Waals surface area contributed by atoms with E-state index in [4.69, 9.17) is 0 Å². The van der Waals surface area contributed by atoms with Crippen LogP contribution < -0.4 is 10.3 Å². The van der Waals surface area contributed by atoms with Gasteiger partial charge >= 0.3 is 0 Å². The second kappa shape index (κ2) is 3.27. The molecule has 0 unspecified atom stereocenters. The molecule has 0 aliphatic carbocycles. The van der Waals surface area contributed by atoms with E-state index >= 15 is 0 Å². The van der Waals surface area contributed by atoms with Gasteiger partial charge in [0.2, 0.25) is 0 Å². The lowest BCUT2D eigenvalue weighted by molar-refractivity contribution is 0.824. The first kappa shape index (κ1) is 4.27. The van der Waals surface area contributed by atoms with Crippen LogP contribution in [0.25, 0.3) is 0 Å². The lowest BCUT2D eigenvalue weighted by Crippen LogP contribution is -2.15. The Bertz CT molecular complexity index is 8.00. The number of hydrazine groups is 1. The van der Waals surface area contributed by atoms with E-state index in [1.54, 1.807) is 7.05 Å². The summed E-state index contributed by atoms with van der Waals surface area (Å²) in [7, 11) is 1.74. The number of hydrogen-bond donors (Lipinski definition) is 3. The van der Waals surface area contributed by atoms with Crippen molar-refractivity contribution in [1.82, 2.24) is 10.3 Å². The smallest absolute Gasteiger partial charge is 0.000606 e. The van der Waals surface area contributed by atoms with Gasteiger partial charge in [-0.3, -0.25) is 5.43 Å². The Morgan fingerprint density at radius 3 is 2.00 bits per heavy atom.